The minimum Gasteiger partial charge on any atom is -0.632 e. The summed E-state index contributed by atoms with van der Waals surface area (Å²) >= 11 is 0. The zero-order valence-corrected chi connectivity index (χ0v) is 15.1. The first-order chi connectivity index (χ1) is 9.09. The fourth-order valence-electron chi connectivity index (χ4n) is 2.25. The molecule has 0 radical (unpaired) electrons. The minimum atomic E-state index is -1.93. The number of nitrogens with one attached hydrogen (secondary N) is 1. The number of esters is 1. The molecule has 8 heteroatoms. The van der Waals surface area contributed by atoms with Crippen LogP contribution in [0.2, 0.25) is 0 Å². The van der Waals surface area contributed by atoms with Crippen molar-refractivity contribution in [3.63, 3.8) is 0 Å². The van der Waals surface area contributed by atoms with Crippen LogP contribution in [0.15, 0.2) is 0 Å². The van der Waals surface area contributed by atoms with Crippen LogP contribution in [0.4, 0.5) is 4.79 Å². The first-order valence-corrected chi connectivity index (χ1v) is 6.50. The molecule has 0 aliphatic heterocycles. The predicted octanol–water partition coefficient (Wildman–Crippen LogP) is -0.404. The van der Waals surface area contributed by atoms with Crippen molar-refractivity contribution in [3.8, 4) is 0 Å². The van der Waals surface area contributed by atoms with E-state index < -0.39 is 41.1 Å². The Bertz CT molecular complexity index is 432. The van der Waals surface area contributed by atoms with Gasteiger partial charge in [0.05, 0.1) is 5.92 Å². The Morgan fingerprint density at radius 1 is 1.14 bits per heavy atom. The van der Waals surface area contributed by atoms with Gasteiger partial charge in [-0.05, 0) is 12.8 Å². The van der Waals surface area contributed by atoms with Crippen molar-refractivity contribution in [2.75, 3.05) is 0 Å². The standard InChI is InChI=1S/C13H21NO6.Na/c1-7(2)9(15)19-13(8(3)4,20-11(14)18)12(5-6-12)10(16)17;/h7-8H,5-6H2,1-4H3,(H3,14,16,17,18);/q;+1/p-1. The van der Waals surface area contributed by atoms with E-state index in [-0.39, 0.29) is 42.4 Å². The Kier molecular flexibility index (Phi) is 6.72. The summed E-state index contributed by atoms with van der Waals surface area (Å²) in [6.07, 6.45) is -0.944. The third-order valence-corrected chi connectivity index (χ3v) is 3.55. The van der Waals surface area contributed by atoms with Crippen LogP contribution < -0.4 is 29.6 Å². The molecule has 1 amide bonds. The molecule has 0 saturated heterocycles. The molecule has 0 aromatic carbocycles. The number of rotatable bonds is 6. The number of carboxylic acid groups (broad SMARTS) is 1. The molecule has 1 unspecified atom stereocenters. The van der Waals surface area contributed by atoms with Crippen LogP contribution >= 0.6 is 0 Å². The third kappa shape index (κ3) is 3.70. The van der Waals surface area contributed by atoms with E-state index in [2.05, 4.69) is 0 Å². The topological polar surface area (TPSA) is 114 Å². The van der Waals surface area contributed by atoms with Crippen molar-refractivity contribution in [2.24, 2.45) is 17.3 Å². The van der Waals surface area contributed by atoms with Gasteiger partial charge in [-0.1, -0.05) is 27.7 Å². The molecule has 0 aromatic heterocycles. The van der Waals surface area contributed by atoms with E-state index in [0.717, 1.165) is 0 Å². The smallest absolute Gasteiger partial charge is 0.632 e. The number of ether oxygens (including phenoxy) is 2. The molecule has 1 aliphatic rings. The second-order valence-corrected chi connectivity index (χ2v) is 5.67. The summed E-state index contributed by atoms with van der Waals surface area (Å²) in [6, 6.07) is 0. The summed E-state index contributed by atoms with van der Waals surface area (Å²) < 4.78 is 10.2. The second kappa shape index (κ2) is 6.98. The van der Waals surface area contributed by atoms with E-state index in [1.54, 1.807) is 27.7 Å². The van der Waals surface area contributed by atoms with Crippen LogP contribution in [0, 0.1) is 17.3 Å². The number of aliphatic carboxylic acids is 1. The molecule has 114 valence electrons. The summed E-state index contributed by atoms with van der Waals surface area (Å²) in [4.78, 5) is 34.5. The molecule has 1 atom stereocenters. The summed E-state index contributed by atoms with van der Waals surface area (Å²) in [5.41, 5.74) is 5.53. The maximum atomic E-state index is 11.9. The minimum absolute atomic E-state index is 0. The average molecular weight is 309 g/mol. The zero-order valence-electron chi connectivity index (χ0n) is 13.1. The normalized spacial score (nSPS) is 18.4. The first-order valence-electron chi connectivity index (χ1n) is 6.50. The van der Waals surface area contributed by atoms with Crippen molar-refractivity contribution in [2.45, 2.75) is 46.3 Å². The van der Waals surface area contributed by atoms with Gasteiger partial charge in [0.25, 0.3) is 5.79 Å². The number of amides is 1. The van der Waals surface area contributed by atoms with Gasteiger partial charge in [0, 0.05) is 5.92 Å². The summed E-state index contributed by atoms with van der Waals surface area (Å²) in [7, 11) is 0. The molecule has 2 N–H and O–H groups in total. The molecule has 0 aromatic rings. The molecular formula is C13H20NNaO6. The van der Waals surface area contributed by atoms with Crippen molar-refractivity contribution >= 4 is 18.0 Å². The van der Waals surface area contributed by atoms with Gasteiger partial charge in [0.15, 0.2) is 0 Å². The van der Waals surface area contributed by atoms with E-state index in [0.29, 0.717) is 0 Å². The van der Waals surface area contributed by atoms with Gasteiger partial charge in [-0.15, -0.1) is 0 Å². The molecule has 0 heterocycles. The summed E-state index contributed by atoms with van der Waals surface area (Å²) in [5.74, 6) is -4.87. The van der Waals surface area contributed by atoms with E-state index in [9.17, 15) is 19.5 Å². The number of carbonyl (C=O) groups is 3. The Balaban J connectivity index is 0.00000400. The molecule has 1 aliphatic carbocycles. The van der Waals surface area contributed by atoms with Gasteiger partial charge >= 0.3 is 41.5 Å². The fraction of sp³-hybridized carbons (Fsp3) is 0.769. The Morgan fingerprint density at radius 2 is 1.62 bits per heavy atom. The summed E-state index contributed by atoms with van der Waals surface area (Å²) in [5, 5.41) is 9.41. The van der Waals surface area contributed by atoms with Gasteiger partial charge < -0.3 is 20.3 Å². The van der Waals surface area contributed by atoms with Crippen LogP contribution in [0.1, 0.15) is 40.5 Å². The molecule has 21 heavy (non-hydrogen) atoms. The molecule has 0 bridgehead atoms. The Hall–Kier alpha value is -0.790. The van der Waals surface area contributed by atoms with Gasteiger partial charge in [-0.2, -0.15) is 0 Å². The van der Waals surface area contributed by atoms with Crippen molar-refractivity contribution in [1.82, 2.24) is 0 Å². The van der Waals surface area contributed by atoms with Crippen LogP contribution in [0.5, 0.6) is 0 Å². The van der Waals surface area contributed by atoms with Crippen molar-refractivity contribution in [3.05, 3.63) is 5.73 Å². The van der Waals surface area contributed by atoms with E-state index in [1.807, 2.05) is 0 Å². The molecule has 1 rings (SSSR count). The molecule has 0 spiro atoms. The Morgan fingerprint density at radius 3 is 1.86 bits per heavy atom. The SMILES string of the molecule is CC(C)C(=O)OC(OC([NH-])=O)(C(C)C)C1(C(=O)O)CC1.[Na+]. The van der Waals surface area contributed by atoms with Crippen LogP contribution in [0.25, 0.3) is 5.73 Å². The predicted molar refractivity (Wildman–Crippen MR) is 68.6 cm³/mol. The second-order valence-electron chi connectivity index (χ2n) is 5.67. The van der Waals surface area contributed by atoms with E-state index >= 15 is 0 Å². The molecule has 7 nitrogen and oxygen atoms in total. The molecule has 1 saturated carbocycles. The van der Waals surface area contributed by atoms with Gasteiger partial charge in [-0.25, -0.2) is 0 Å². The largest absolute Gasteiger partial charge is 1.00 e. The van der Waals surface area contributed by atoms with Crippen LogP contribution in [-0.4, -0.2) is 28.9 Å². The molecular weight excluding hydrogens is 289 g/mol. The Labute approximate surface area is 145 Å². The number of hydrogen-bond acceptors (Lipinski definition) is 5. The third-order valence-electron chi connectivity index (χ3n) is 3.55. The van der Waals surface area contributed by atoms with Gasteiger partial charge in [0.1, 0.15) is 5.41 Å². The monoisotopic (exact) mass is 309 g/mol. The number of carbonyl (C=O) groups excluding carboxylic acids is 2. The zero-order chi connectivity index (χ0) is 15.7. The van der Waals surface area contributed by atoms with Crippen molar-refractivity contribution in [1.29, 1.82) is 0 Å². The maximum Gasteiger partial charge on any atom is 1.00 e. The quantitative estimate of drug-likeness (QED) is 0.405. The van der Waals surface area contributed by atoms with Gasteiger partial charge in [-0.3, -0.25) is 14.4 Å². The number of carboxylic acids is 1. The van der Waals surface area contributed by atoms with Gasteiger partial charge in [0.2, 0.25) is 6.09 Å². The number of hydrogen-bond donors (Lipinski definition) is 1. The maximum absolute atomic E-state index is 11.9. The van der Waals surface area contributed by atoms with E-state index in [1.165, 1.54) is 0 Å². The average Bonchev–Trinajstić information content (AvgIpc) is 3.07. The van der Waals surface area contributed by atoms with Crippen LogP contribution in [-0.2, 0) is 19.1 Å². The van der Waals surface area contributed by atoms with Crippen LogP contribution in [0.3, 0.4) is 0 Å². The molecule has 1 fully saturated rings. The first kappa shape index (κ1) is 20.2. The van der Waals surface area contributed by atoms with Crippen molar-refractivity contribution < 1.29 is 58.5 Å². The fourth-order valence-corrected chi connectivity index (χ4v) is 2.25. The summed E-state index contributed by atoms with van der Waals surface area (Å²) in [6.45, 7) is 6.38. The van der Waals surface area contributed by atoms with E-state index in [4.69, 9.17) is 15.2 Å².